The molecule has 0 aromatic heterocycles. The van der Waals surface area contributed by atoms with Gasteiger partial charge in [0, 0.05) is 23.9 Å². The quantitative estimate of drug-likeness (QED) is 0.537. The second-order valence-electron chi connectivity index (χ2n) is 6.66. The van der Waals surface area contributed by atoms with Crippen LogP contribution in [0.25, 0.3) is 0 Å². The Balaban J connectivity index is 1.80. The zero-order chi connectivity index (χ0) is 22.4. The Labute approximate surface area is 182 Å². The fraction of sp³-hybridized carbons (Fsp3) is 0.300. The van der Waals surface area contributed by atoms with Crippen LogP contribution in [0.5, 0.6) is 5.75 Å². The highest BCUT2D eigenvalue weighted by molar-refractivity contribution is 6.30. The molecule has 2 aromatic rings. The zero-order valence-corrected chi connectivity index (χ0v) is 17.1. The predicted octanol–water partition coefficient (Wildman–Crippen LogP) is 3.67. The van der Waals surface area contributed by atoms with Gasteiger partial charge >= 0.3 is 18.7 Å². The number of hydrogen-bond donors (Lipinski definition) is 3. The van der Waals surface area contributed by atoms with E-state index in [1.807, 2.05) is 0 Å². The largest absolute Gasteiger partial charge is 0.435 e. The molecule has 3 N–H and O–H groups in total. The second kappa shape index (κ2) is 10.3. The lowest BCUT2D eigenvalue weighted by Crippen LogP contribution is -2.67. The zero-order valence-electron chi connectivity index (χ0n) is 16.3. The van der Waals surface area contributed by atoms with Gasteiger partial charge in [0.05, 0.1) is 6.54 Å². The summed E-state index contributed by atoms with van der Waals surface area (Å²) < 4.78 is 29.0. The number of imide groups is 1. The van der Waals surface area contributed by atoms with Crippen molar-refractivity contribution in [1.82, 2.24) is 15.1 Å². The number of nitrogens with zero attached hydrogens (tertiary/aromatic N) is 2. The number of carbonyl (C=O) groups is 2. The molecular weight excluding hydrogens is 434 g/mol. The number of carbonyl (C=O) groups excluding carboxylic acids is 2. The van der Waals surface area contributed by atoms with Crippen LogP contribution < -0.4 is 15.4 Å². The maximum atomic E-state index is 13.0. The Morgan fingerprint density at radius 3 is 2.42 bits per heavy atom. The molecule has 4 amide bonds. The molecule has 0 bridgehead atoms. The number of urea groups is 2. The fourth-order valence-corrected chi connectivity index (χ4v) is 3.13. The van der Waals surface area contributed by atoms with Crippen molar-refractivity contribution < 1.29 is 28.2 Å². The van der Waals surface area contributed by atoms with E-state index in [4.69, 9.17) is 16.7 Å². The van der Waals surface area contributed by atoms with Crippen LogP contribution in [0.15, 0.2) is 48.5 Å². The molecule has 0 saturated carbocycles. The van der Waals surface area contributed by atoms with Crippen molar-refractivity contribution in [1.29, 1.82) is 0 Å². The third-order valence-electron chi connectivity index (χ3n) is 4.48. The van der Waals surface area contributed by atoms with Crippen molar-refractivity contribution in [3.63, 3.8) is 0 Å². The van der Waals surface area contributed by atoms with E-state index in [-0.39, 0.29) is 31.9 Å². The van der Waals surface area contributed by atoms with Gasteiger partial charge in [0.25, 0.3) is 0 Å². The number of benzene rings is 2. The van der Waals surface area contributed by atoms with Gasteiger partial charge in [-0.3, -0.25) is 10.2 Å². The fourth-order valence-electron chi connectivity index (χ4n) is 3.00. The van der Waals surface area contributed by atoms with E-state index in [0.717, 1.165) is 10.5 Å². The maximum Gasteiger partial charge on any atom is 0.387 e. The van der Waals surface area contributed by atoms with Crippen LogP contribution in [-0.2, 0) is 6.54 Å². The Bertz CT molecular complexity index is 899. The molecule has 31 heavy (non-hydrogen) atoms. The number of ether oxygens (including phenoxy) is 1. The average Bonchev–Trinajstić information content (AvgIpc) is 2.73. The summed E-state index contributed by atoms with van der Waals surface area (Å²) in [7, 11) is 0. The number of aliphatic hydroxyl groups excluding tert-OH is 1. The molecule has 3 rings (SSSR count). The highest BCUT2D eigenvalue weighted by atomic mass is 35.5. The van der Waals surface area contributed by atoms with E-state index in [1.165, 1.54) is 29.2 Å². The first-order valence-electron chi connectivity index (χ1n) is 9.42. The van der Waals surface area contributed by atoms with E-state index in [9.17, 15) is 18.4 Å². The molecule has 1 aliphatic heterocycles. The first-order chi connectivity index (χ1) is 14.9. The first kappa shape index (κ1) is 22.6. The van der Waals surface area contributed by atoms with Crippen LogP contribution in [0.4, 0.5) is 24.1 Å². The van der Waals surface area contributed by atoms with Gasteiger partial charge in [0.1, 0.15) is 5.75 Å². The molecule has 11 heteroatoms. The number of hydrogen-bond acceptors (Lipinski definition) is 5. The first-order valence-corrected chi connectivity index (χ1v) is 9.80. The number of halogens is 3. The molecule has 1 atom stereocenters. The summed E-state index contributed by atoms with van der Waals surface area (Å²) in [5.74, 6) is -0.0162. The summed E-state index contributed by atoms with van der Waals surface area (Å²) in [5, 5.41) is 15.3. The molecule has 1 aliphatic rings. The maximum absolute atomic E-state index is 13.0. The SMILES string of the molecule is O=C1NC(Nc2ccc(OC(F)F)cc2)N(Cc2ccc(Cl)cc2)C(=O)N1CCCO. The third kappa shape index (κ3) is 5.96. The van der Waals surface area contributed by atoms with Crippen LogP contribution in [0.3, 0.4) is 0 Å². The lowest BCUT2D eigenvalue weighted by atomic mass is 10.2. The number of aliphatic hydroxyl groups is 1. The van der Waals surface area contributed by atoms with Crippen molar-refractivity contribution in [2.24, 2.45) is 0 Å². The van der Waals surface area contributed by atoms with Gasteiger partial charge in [-0.15, -0.1) is 0 Å². The van der Waals surface area contributed by atoms with Crippen molar-refractivity contribution >= 4 is 29.4 Å². The number of nitrogens with one attached hydrogen (secondary N) is 2. The van der Waals surface area contributed by atoms with E-state index < -0.39 is 25.0 Å². The third-order valence-corrected chi connectivity index (χ3v) is 4.73. The molecule has 166 valence electrons. The molecule has 1 heterocycles. The van der Waals surface area contributed by atoms with Gasteiger partial charge < -0.3 is 15.2 Å². The van der Waals surface area contributed by atoms with Crippen LogP contribution in [0.2, 0.25) is 5.02 Å². The van der Waals surface area contributed by atoms with Crippen molar-refractivity contribution in [2.75, 3.05) is 18.5 Å². The summed E-state index contributed by atoms with van der Waals surface area (Å²) in [4.78, 5) is 27.9. The highest BCUT2D eigenvalue weighted by Gasteiger charge is 2.38. The Kier molecular flexibility index (Phi) is 7.48. The summed E-state index contributed by atoms with van der Waals surface area (Å²) >= 11 is 5.92. The summed E-state index contributed by atoms with van der Waals surface area (Å²) in [6.45, 7) is -2.88. The lowest BCUT2D eigenvalue weighted by molar-refractivity contribution is -0.0498. The molecule has 0 spiro atoms. The van der Waals surface area contributed by atoms with Crippen LogP contribution in [0, 0.1) is 0 Å². The topological polar surface area (TPSA) is 94.1 Å². The molecule has 8 nitrogen and oxygen atoms in total. The van der Waals surface area contributed by atoms with Gasteiger partial charge in [-0.25, -0.2) is 14.5 Å². The van der Waals surface area contributed by atoms with Crippen LogP contribution >= 0.6 is 11.6 Å². The normalized spacial score (nSPS) is 16.5. The Morgan fingerprint density at radius 2 is 1.81 bits per heavy atom. The van der Waals surface area contributed by atoms with Crippen molar-refractivity contribution in [2.45, 2.75) is 25.9 Å². The molecule has 1 fully saturated rings. The van der Waals surface area contributed by atoms with Gasteiger partial charge in [-0.05, 0) is 48.4 Å². The van der Waals surface area contributed by atoms with Crippen molar-refractivity contribution in [3.8, 4) is 5.75 Å². The summed E-state index contributed by atoms with van der Waals surface area (Å²) in [6, 6.07) is 11.4. The number of rotatable bonds is 9. The van der Waals surface area contributed by atoms with Crippen LogP contribution in [0.1, 0.15) is 12.0 Å². The minimum atomic E-state index is -2.94. The van der Waals surface area contributed by atoms with Gasteiger partial charge in [0.15, 0.2) is 6.29 Å². The van der Waals surface area contributed by atoms with Gasteiger partial charge in [-0.2, -0.15) is 8.78 Å². The van der Waals surface area contributed by atoms with E-state index in [1.54, 1.807) is 24.3 Å². The molecule has 0 radical (unpaired) electrons. The minimum Gasteiger partial charge on any atom is -0.435 e. The lowest BCUT2D eigenvalue weighted by Gasteiger charge is -2.41. The van der Waals surface area contributed by atoms with Crippen LogP contribution in [-0.4, -0.2) is 53.0 Å². The minimum absolute atomic E-state index is 0.0162. The molecular formula is C20H21ClF2N4O4. The monoisotopic (exact) mass is 454 g/mol. The van der Waals surface area contributed by atoms with E-state index >= 15 is 0 Å². The standard InChI is InChI=1S/C20H21ClF2N4O4/c21-14-4-2-13(3-5-14)12-27-18(25-19(29)26(20(27)30)10-1-11-28)24-15-6-8-16(9-7-15)31-17(22)23/h2-9,17-18,24,28H,1,10-12H2,(H,25,29). The highest BCUT2D eigenvalue weighted by Crippen LogP contribution is 2.22. The number of anilines is 1. The van der Waals surface area contributed by atoms with Gasteiger partial charge in [0.2, 0.25) is 0 Å². The second-order valence-corrected chi connectivity index (χ2v) is 7.10. The molecule has 2 aromatic carbocycles. The van der Waals surface area contributed by atoms with Gasteiger partial charge in [-0.1, -0.05) is 23.7 Å². The Morgan fingerprint density at radius 1 is 1.13 bits per heavy atom. The Hall–Kier alpha value is -3.11. The molecule has 1 saturated heterocycles. The summed E-state index contributed by atoms with van der Waals surface area (Å²) in [5.41, 5.74) is 1.26. The number of amides is 4. The van der Waals surface area contributed by atoms with Crippen molar-refractivity contribution in [3.05, 3.63) is 59.1 Å². The molecule has 0 aliphatic carbocycles. The van der Waals surface area contributed by atoms with E-state index in [0.29, 0.717) is 10.7 Å². The number of alkyl halides is 2. The van der Waals surface area contributed by atoms with E-state index in [2.05, 4.69) is 15.4 Å². The smallest absolute Gasteiger partial charge is 0.387 e. The predicted molar refractivity (Wildman–Crippen MR) is 110 cm³/mol. The summed E-state index contributed by atoms with van der Waals surface area (Å²) in [6.07, 6.45) is -0.652. The average molecular weight is 455 g/mol. The molecule has 1 unspecified atom stereocenters.